The van der Waals surface area contributed by atoms with Gasteiger partial charge in [0.25, 0.3) is 10.0 Å². The predicted molar refractivity (Wildman–Crippen MR) is 114 cm³/mol. The van der Waals surface area contributed by atoms with E-state index in [0.29, 0.717) is 18.2 Å². The second kappa shape index (κ2) is 9.34. The number of amides is 1. The van der Waals surface area contributed by atoms with E-state index >= 15 is 0 Å². The third-order valence-electron chi connectivity index (χ3n) is 4.62. The summed E-state index contributed by atoms with van der Waals surface area (Å²) in [7, 11) is -4.04. The molecular formula is C20H22Cl2N2O4S. The van der Waals surface area contributed by atoms with Crippen LogP contribution in [-0.2, 0) is 19.6 Å². The number of nitrogens with one attached hydrogen (secondary N) is 1. The van der Waals surface area contributed by atoms with Crippen molar-refractivity contribution >= 4 is 44.8 Å². The molecule has 1 saturated heterocycles. The summed E-state index contributed by atoms with van der Waals surface area (Å²) >= 11 is 12.3. The van der Waals surface area contributed by atoms with Crippen molar-refractivity contribution in [2.75, 3.05) is 24.0 Å². The Hall–Kier alpha value is -1.80. The summed E-state index contributed by atoms with van der Waals surface area (Å²) in [6, 6.07) is 10.9. The van der Waals surface area contributed by atoms with Crippen molar-refractivity contribution in [1.82, 2.24) is 5.32 Å². The number of hydrogen-bond donors (Lipinski definition) is 1. The van der Waals surface area contributed by atoms with Gasteiger partial charge in [0.15, 0.2) is 0 Å². The summed E-state index contributed by atoms with van der Waals surface area (Å²) in [5.74, 6) is -0.452. The van der Waals surface area contributed by atoms with Crippen molar-refractivity contribution in [3.63, 3.8) is 0 Å². The number of sulfonamides is 1. The van der Waals surface area contributed by atoms with Gasteiger partial charge in [-0.05, 0) is 50.1 Å². The van der Waals surface area contributed by atoms with Gasteiger partial charge in [-0.2, -0.15) is 0 Å². The number of hydrogen-bond acceptors (Lipinski definition) is 4. The topological polar surface area (TPSA) is 75.7 Å². The molecule has 1 amide bonds. The van der Waals surface area contributed by atoms with E-state index < -0.39 is 22.5 Å². The van der Waals surface area contributed by atoms with Crippen LogP contribution in [-0.4, -0.2) is 40.1 Å². The van der Waals surface area contributed by atoms with E-state index in [1.54, 1.807) is 18.2 Å². The number of aryl methyl sites for hydroxylation is 1. The molecular weight excluding hydrogens is 435 g/mol. The lowest BCUT2D eigenvalue weighted by atomic mass is 10.2. The molecule has 0 radical (unpaired) electrons. The van der Waals surface area contributed by atoms with Gasteiger partial charge in [-0.1, -0.05) is 40.9 Å². The standard InChI is InChI=1S/C20H22Cl2N2O4S/c1-14-4-7-17(8-5-14)29(26,27)24(19-11-15(21)6-9-18(19)22)13-20(25)23-12-16-3-2-10-28-16/h4-9,11,16H,2-3,10,12-13H2,1H3,(H,23,25)/t16-/m0/s1. The van der Waals surface area contributed by atoms with Crippen molar-refractivity contribution in [3.8, 4) is 0 Å². The monoisotopic (exact) mass is 456 g/mol. The van der Waals surface area contributed by atoms with E-state index in [4.69, 9.17) is 27.9 Å². The normalized spacial score (nSPS) is 16.6. The lowest BCUT2D eigenvalue weighted by Gasteiger charge is -2.25. The Morgan fingerprint density at radius 3 is 2.59 bits per heavy atom. The third-order valence-corrected chi connectivity index (χ3v) is 6.95. The van der Waals surface area contributed by atoms with E-state index in [9.17, 15) is 13.2 Å². The Morgan fingerprint density at radius 1 is 1.21 bits per heavy atom. The summed E-state index contributed by atoms with van der Waals surface area (Å²) in [4.78, 5) is 12.6. The first kappa shape index (κ1) is 21.9. The van der Waals surface area contributed by atoms with Crippen LogP contribution in [0.25, 0.3) is 0 Å². The Labute approximate surface area is 180 Å². The fourth-order valence-corrected chi connectivity index (χ4v) is 4.90. The molecule has 9 heteroatoms. The molecule has 0 aromatic heterocycles. The number of carbonyl (C=O) groups is 1. The molecule has 1 aliphatic heterocycles. The zero-order valence-electron chi connectivity index (χ0n) is 15.9. The van der Waals surface area contributed by atoms with Gasteiger partial charge in [-0.25, -0.2) is 8.42 Å². The summed E-state index contributed by atoms with van der Waals surface area (Å²) in [5.41, 5.74) is 1.07. The van der Waals surface area contributed by atoms with Gasteiger partial charge < -0.3 is 10.1 Å². The van der Waals surface area contributed by atoms with Gasteiger partial charge in [0.2, 0.25) is 5.91 Å². The Kier molecular flexibility index (Phi) is 7.05. The van der Waals surface area contributed by atoms with E-state index in [0.717, 1.165) is 22.7 Å². The molecule has 0 saturated carbocycles. The summed E-state index contributed by atoms with van der Waals surface area (Å²) in [6.45, 7) is 2.44. The third kappa shape index (κ3) is 5.42. The number of ether oxygens (including phenoxy) is 1. The summed E-state index contributed by atoms with van der Waals surface area (Å²) < 4.78 is 33.1. The maximum atomic E-state index is 13.3. The molecule has 1 N–H and O–H groups in total. The summed E-state index contributed by atoms with van der Waals surface area (Å²) in [6.07, 6.45) is 1.77. The van der Waals surface area contributed by atoms with Crippen LogP contribution < -0.4 is 9.62 Å². The van der Waals surface area contributed by atoms with Crippen LogP contribution in [0.15, 0.2) is 47.4 Å². The number of benzene rings is 2. The molecule has 1 heterocycles. The number of anilines is 1. The summed E-state index contributed by atoms with van der Waals surface area (Å²) in [5, 5.41) is 3.24. The Bertz CT molecular complexity index is 974. The lowest BCUT2D eigenvalue weighted by Crippen LogP contribution is -2.43. The van der Waals surface area contributed by atoms with Crippen molar-refractivity contribution < 1.29 is 17.9 Å². The molecule has 0 unspecified atom stereocenters. The van der Waals surface area contributed by atoms with Crippen LogP contribution in [0.5, 0.6) is 0 Å². The largest absolute Gasteiger partial charge is 0.376 e. The van der Waals surface area contributed by atoms with Crippen molar-refractivity contribution in [1.29, 1.82) is 0 Å². The quantitative estimate of drug-likeness (QED) is 0.687. The first-order valence-corrected chi connectivity index (χ1v) is 11.4. The number of carbonyl (C=O) groups excluding carboxylic acids is 1. The van der Waals surface area contributed by atoms with Crippen LogP contribution in [0, 0.1) is 6.92 Å². The molecule has 6 nitrogen and oxygen atoms in total. The minimum Gasteiger partial charge on any atom is -0.376 e. The van der Waals surface area contributed by atoms with Gasteiger partial charge >= 0.3 is 0 Å². The first-order valence-electron chi connectivity index (χ1n) is 9.20. The minimum atomic E-state index is -4.04. The van der Waals surface area contributed by atoms with Gasteiger partial charge in [0, 0.05) is 18.2 Å². The smallest absolute Gasteiger partial charge is 0.264 e. The molecule has 1 aliphatic rings. The van der Waals surface area contributed by atoms with E-state index in [1.807, 2.05) is 6.92 Å². The minimum absolute atomic E-state index is 0.0455. The molecule has 156 valence electrons. The van der Waals surface area contributed by atoms with Gasteiger partial charge in [0.05, 0.1) is 21.7 Å². The van der Waals surface area contributed by atoms with Crippen LogP contribution >= 0.6 is 23.2 Å². The van der Waals surface area contributed by atoms with Gasteiger partial charge in [-0.3, -0.25) is 9.10 Å². The number of nitrogens with zero attached hydrogens (tertiary/aromatic N) is 1. The SMILES string of the molecule is Cc1ccc(S(=O)(=O)N(CC(=O)NC[C@@H]2CCCO2)c2cc(Cl)ccc2Cl)cc1. The van der Waals surface area contributed by atoms with Crippen molar-refractivity contribution in [2.45, 2.75) is 30.8 Å². The maximum absolute atomic E-state index is 13.3. The van der Waals surface area contributed by atoms with Crippen LogP contribution in [0.2, 0.25) is 10.0 Å². The zero-order valence-corrected chi connectivity index (χ0v) is 18.2. The average Bonchev–Trinajstić information content (AvgIpc) is 3.20. The van der Waals surface area contributed by atoms with Crippen molar-refractivity contribution in [2.24, 2.45) is 0 Å². The molecule has 0 bridgehead atoms. The highest BCUT2D eigenvalue weighted by atomic mass is 35.5. The predicted octanol–water partition coefficient (Wildman–Crippen LogP) is 3.79. The lowest BCUT2D eigenvalue weighted by molar-refractivity contribution is -0.120. The van der Waals surface area contributed by atoms with Crippen LogP contribution in [0.4, 0.5) is 5.69 Å². The Morgan fingerprint density at radius 2 is 1.93 bits per heavy atom. The number of rotatable bonds is 7. The molecule has 2 aromatic rings. The van der Waals surface area contributed by atoms with Gasteiger partial charge in [-0.15, -0.1) is 0 Å². The molecule has 29 heavy (non-hydrogen) atoms. The molecule has 3 rings (SSSR count). The first-order chi connectivity index (χ1) is 13.8. The van der Waals surface area contributed by atoms with Crippen LogP contribution in [0.3, 0.4) is 0 Å². The van der Waals surface area contributed by atoms with Crippen molar-refractivity contribution in [3.05, 3.63) is 58.1 Å². The second-order valence-electron chi connectivity index (χ2n) is 6.86. The highest BCUT2D eigenvalue weighted by molar-refractivity contribution is 7.92. The highest BCUT2D eigenvalue weighted by Gasteiger charge is 2.29. The fraction of sp³-hybridized carbons (Fsp3) is 0.350. The fourth-order valence-electron chi connectivity index (χ4n) is 3.03. The maximum Gasteiger partial charge on any atom is 0.264 e. The molecule has 0 spiro atoms. The second-order valence-corrected chi connectivity index (χ2v) is 9.57. The van der Waals surface area contributed by atoms with Crippen LogP contribution in [0.1, 0.15) is 18.4 Å². The highest BCUT2D eigenvalue weighted by Crippen LogP contribution is 2.33. The molecule has 2 aromatic carbocycles. The van der Waals surface area contributed by atoms with Gasteiger partial charge in [0.1, 0.15) is 6.54 Å². The Balaban J connectivity index is 1.90. The van der Waals surface area contributed by atoms with E-state index in [2.05, 4.69) is 5.32 Å². The molecule has 0 aliphatic carbocycles. The number of halogens is 2. The van der Waals surface area contributed by atoms with E-state index in [-0.39, 0.29) is 21.7 Å². The molecule has 1 fully saturated rings. The molecule has 1 atom stereocenters. The average molecular weight is 457 g/mol. The van der Waals surface area contributed by atoms with E-state index in [1.165, 1.54) is 24.3 Å². The zero-order chi connectivity index (χ0) is 21.0.